The largest absolute Gasteiger partial charge is 0.282 e. The highest BCUT2D eigenvalue weighted by Crippen LogP contribution is 2.29. The van der Waals surface area contributed by atoms with E-state index in [1.165, 1.54) is 59.3 Å². The first-order chi connectivity index (χ1) is 13.0. The summed E-state index contributed by atoms with van der Waals surface area (Å²) in [6.45, 7) is 0. The third kappa shape index (κ3) is 4.11. The molecule has 2 N–H and O–H groups in total. The van der Waals surface area contributed by atoms with E-state index in [-0.39, 0.29) is 9.79 Å². The smallest absolute Gasteiger partial charge is 0.233 e. The first-order valence-corrected chi connectivity index (χ1v) is 11.2. The van der Waals surface area contributed by atoms with Gasteiger partial charge in [0.25, 0.3) is 6.43 Å². The zero-order chi connectivity index (χ0) is 20.7. The van der Waals surface area contributed by atoms with Crippen LogP contribution in [0, 0.1) is 0 Å². The molecule has 0 spiro atoms. The summed E-state index contributed by atoms with van der Waals surface area (Å²) < 4.78 is 73.6. The summed E-state index contributed by atoms with van der Waals surface area (Å²) in [6, 6.07) is 12.1. The van der Waals surface area contributed by atoms with E-state index in [1.807, 2.05) is 0 Å². The Hall–Kier alpha value is -2.63. The van der Waals surface area contributed by atoms with Crippen molar-refractivity contribution in [1.29, 1.82) is 0 Å². The molecule has 0 atom stereocenters. The molecule has 3 aromatic rings. The molecule has 0 saturated carbocycles. The van der Waals surface area contributed by atoms with Crippen LogP contribution in [0.1, 0.15) is 12.1 Å². The predicted octanol–water partition coefficient (Wildman–Crippen LogP) is 2.53. The summed E-state index contributed by atoms with van der Waals surface area (Å²) in [6.07, 6.45) is -1.76. The van der Waals surface area contributed by atoms with Gasteiger partial charge < -0.3 is 0 Å². The Balaban J connectivity index is 2.12. The molecular formula is C17H15F2N3O4S2. The number of alkyl halides is 2. The number of nitrogens with two attached hydrogens (primary N) is 1. The van der Waals surface area contributed by atoms with Crippen molar-refractivity contribution in [3.63, 3.8) is 0 Å². The molecule has 3 rings (SSSR count). The first-order valence-electron chi connectivity index (χ1n) is 7.78. The van der Waals surface area contributed by atoms with Gasteiger partial charge in [-0.05, 0) is 42.5 Å². The average Bonchev–Trinajstić information content (AvgIpc) is 3.06. The highest BCUT2D eigenvalue weighted by molar-refractivity contribution is 7.90. The molecule has 11 heteroatoms. The fraction of sp³-hybridized carbons (Fsp3) is 0.118. The fourth-order valence-electron chi connectivity index (χ4n) is 2.56. The van der Waals surface area contributed by atoms with Gasteiger partial charge in [0.2, 0.25) is 10.0 Å². The van der Waals surface area contributed by atoms with E-state index in [9.17, 15) is 25.6 Å². The first kappa shape index (κ1) is 20.1. The van der Waals surface area contributed by atoms with Gasteiger partial charge in [0.15, 0.2) is 9.84 Å². The van der Waals surface area contributed by atoms with Gasteiger partial charge in [0, 0.05) is 11.8 Å². The third-order valence-corrected chi connectivity index (χ3v) is 6.00. The summed E-state index contributed by atoms with van der Waals surface area (Å²) in [4.78, 5) is -0.0366. The summed E-state index contributed by atoms with van der Waals surface area (Å²) in [5.74, 6) is 0. The van der Waals surface area contributed by atoms with Gasteiger partial charge in [0.05, 0.1) is 21.2 Å². The van der Waals surface area contributed by atoms with Crippen molar-refractivity contribution >= 4 is 19.9 Å². The molecule has 0 saturated heterocycles. The summed E-state index contributed by atoms with van der Waals surface area (Å²) in [7, 11) is -7.30. The average molecular weight is 427 g/mol. The maximum Gasteiger partial charge on any atom is 0.282 e. The van der Waals surface area contributed by atoms with E-state index in [0.29, 0.717) is 16.9 Å². The molecule has 0 unspecified atom stereocenters. The van der Waals surface area contributed by atoms with Crippen molar-refractivity contribution in [2.24, 2.45) is 5.14 Å². The second kappa shape index (κ2) is 7.08. The molecule has 0 aliphatic carbocycles. The summed E-state index contributed by atoms with van der Waals surface area (Å²) in [5, 5.41) is 8.95. The second-order valence-corrected chi connectivity index (χ2v) is 9.58. The number of sulfonamides is 1. The van der Waals surface area contributed by atoms with Crippen LogP contribution in [0.15, 0.2) is 64.4 Å². The Labute approximate surface area is 160 Å². The lowest BCUT2D eigenvalue weighted by molar-refractivity contribution is 0.145. The molecule has 0 radical (unpaired) electrons. The molecule has 1 heterocycles. The van der Waals surface area contributed by atoms with Crippen LogP contribution >= 0.6 is 0 Å². The molecule has 28 heavy (non-hydrogen) atoms. The van der Waals surface area contributed by atoms with Crippen molar-refractivity contribution < 1.29 is 25.6 Å². The van der Waals surface area contributed by atoms with Gasteiger partial charge in [-0.15, -0.1) is 0 Å². The SMILES string of the molecule is CS(=O)(=O)c1ccc(-c2cc(C(F)F)nn2-c2ccc(S(N)(=O)=O)cc2)cc1. The van der Waals surface area contributed by atoms with E-state index in [0.717, 1.165) is 6.26 Å². The Kier molecular flexibility index (Phi) is 5.08. The maximum atomic E-state index is 13.2. The molecule has 1 aromatic heterocycles. The van der Waals surface area contributed by atoms with E-state index >= 15 is 0 Å². The lowest BCUT2D eigenvalue weighted by atomic mass is 10.1. The number of hydrogen-bond donors (Lipinski definition) is 1. The van der Waals surface area contributed by atoms with Gasteiger partial charge >= 0.3 is 0 Å². The lowest BCUT2D eigenvalue weighted by Crippen LogP contribution is -2.12. The van der Waals surface area contributed by atoms with Crippen LogP contribution in [0.25, 0.3) is 16.9 Å². The van der Waals surface area contributed by atoms with Gasteiger partial charge in [-0.3, -0.25) is 0 Å². The van der Waals surface area contributed by atoms with Crippen LogP contribution in [0.3, 0.4) is 0 Å². The normalized spacial score (nSPS) is 12.5. The van der Waals surface area contributed by atoms with Crippen LogP contribution in [0.5, 0.6) is 0 Å². The van der Waals surface area contributed by atoms with E-state index in [1.54, 1.807) is 0 Å². The molecule has 0 fully saturated rings. The molecule has 0 aliphatic heterocycles. The van der Waals surface area contributed by atoms with Crippen molar-refractivity contribution in [1.82, 2.24) is 9.78 Å². The topological polar surface area (TPSA) is 112 Å². The standard InChI is InChI=1S/C17H15F2N3O4S2/c1-27(23,24)13-6-2-11(3-7-13)16-10-15(17(18)19)21-22(16)12-4-8-14(9-5-12)28(20,25)26/h2-10,17H,1H3,(H2,20,25,26). The van der Waals surface area contributed by atoms with Crippen LogP contribution in [-0.4, -0.2) is 32.9 Å². The van der Waals surface area contributed by atoms with Crippen LogP contribution in [-0.2, 0) is 19.9 Å². The molecule has 0 aliphatic rings. The van der Waals surface area contributed by atoms with E-state index < -0.39 is 32.0 Å². The zero-order valence-corrected chi connectivity index (χ0v) is 16.1. The molecule has 0 bridgehead atoms. The highest BCUT2D eigenvalue weighted by atomic mass is 32.2. The quantitative estimate of drug-likeness (QED) is 0.672. The maximum absolute atomic E-state index is 13.2. The minimum absolute atomic E-state index is 0.0916. The molecule has 148 valence electrons. The third-order valence-electron chi connectivity index (χ3n) is 3.94. The number of aromatic nitrogens is 2. The van der Waals surface area contributed by atoms with Crippen molar-refractivity contribution in [3.05, 3.63) is 60.3 Å². The Morgan fingerprint density at radius 2 is 1.46 bits per heavy atom. The monoisotopic (exact) mass is 427 g/mol. The summed E-state index contributed by atoms with van der Waals surface area (Å²) in [5.41, 5.74) is 0.611. The van der Waals surface area contributed by atoms with Crippen LogP contribution < -0.4 is 5.14 Å². The summed E-state index contributed by atoms with van der Waals surface area (Å²) >= 11 is 0. The Bertz CT molecular complexity index is 1130. The Morgan fingerprint density at radius 1 is 0.929 bits per heavy atom. The van der Waals surface area contributed by atoms with Crippen LogP contribution in [0.4, 0.5) is 8.78 Å². The predicted molar refractivity (Wildman–Crippen MR) is 98.4 cm³/mol. The second-order valence-electron chi connectivity index (χ2n) is 6.00. The number of sulfone groups is 1. The van der Waals surface area contributed by atoms with Crippen LogP contribution in [0.2, 0.25) is 0 Å². The zero-order valence-electron chi connectivity index (χ0n) is 14.5. The van der Waals surface area contributed by atoms with E-state index in [4.69, 9.17) is 5.14 Å². The highest BCUT2D eigenvalue weighted by Gasteiger charge is 2.19. The van der Waals surface area contributed by atoms with Crippen molar-refractivity contribution in [3.8, 4) is 16.9 Å². The van der Waals surface area contributed by atoms with Gasteiger partial charge in [0.1, 0.15) is 5.69 Å². The van der Waals surface area contributed by atoms with Gasteiger partial charge in [-0.25, -0.2) is 35.4 Å². The molecular weight excluding hydrogens is 412 g/mol. The van der Waals surface area contributed by atoms with Gasteiger partial charge in [-0.2, -0.15) is 5.10 Å². The number of halogens is 2. The minimum atomic E-state index is -3.90. The van der Waals surface area contributed by atoms with Crippen molar-refractivity contribution in [2.45, 2.75) is 16.2 Å². The molecule has 2 aromatic carbocycles. The minimum Gasteiger partial charge on any atom is -0.233 e. The van der Waals surface area contributed by atoms with Crippen molar-refractivity contribution in [2.75, 3.05) is 6.26 Å². The van der Waals surface area contributed by atoms with Gasteiger partial charge in [-0.1, -0.05) is 12.1 Å². The lowest BCUT2D eigenvalue weighted by Gasteiger charge is -2.09. The number of benzene rings is 2. The molecule has 7 nitrogen and oxygen atoms in total. The fourth-order valence-corrected chi connectivity index (χ4v) is 3.70. The number of nitrogens with zero attached hydrogens (tertiary/aromatic N) is 2. The number of primary sulfonamides is 1. The number of hydrogen-bond acceptors (Lipinski definition) is 5. The Morgan fingerprint density at radius 3 is 1.93 bits per heavy atom. The van der Waals surface area contributed by atoms with E-state index in [2.05, 4.69) is 5.10 Å². The number of rotatable bonds is 5. The molecule has 0 amide bonds.